The van der Waals surface area contributed by atoms with E-state index >= 15 is 0 Å². The van der Waals surface area contributed by atoms with Gasteiger partial charge in [0.15, 0.2) is 0 Å². The van der Waals surface area contributed by atoms with Crippen molar-refractivity contribution >= 4 is 12.4 Å². The fourth-order valence-corrected chi connectivity index (χ4v) is 0. The summed E-state index contributed by atoms with van der Waals surface area (Å²) in [5.74, 6) is 0. The van der Waals surface area contributed by atoms with Gasteiger partial charge >= 0.3 is 17.4 Å². The smallest absolute Gasteiger partial charge is 0.222 e. The molecule has 1 radical (unpaired) electrons. The minimum atomic E-state index is -4.94. The van der Waals surface area contributed by atoms with Crippen LogP contribution in [-0.2, 0) is 17.4 Å². The Morgan fingerprint density at radius 2 is 0.353 bits per heavy atom. The summed E-state index contributed by atoms with van der Waals surface area (Å²) in [4.78, 5) is 0. The van der Waals surface area contributed by atoms with Gasteiger partial charge in [-0.2, -0.15) is 0 Å². The van der Waals surface area contributed by atoms with Gasteiger partial charge < -0.3 is 0 Å². The van der Waals surface area contributed by atoms with Crippen molar-refractivity contribution in [1.29, 1.82) is 0 Å². The molecule has 0 bridgehead atoms. The van der Waals surface area contributed by atoms with Gasteiger partial charge in [-0.15, -0.1) is 43.1 Å². The molecule has 0 aliphatic heterocycles. The third-order valence-electron chi connectivity index (χ3n) is 0. The molecule has 107 valence electrons. The monoisotopic (exact) mass is 385 g/mol. The molecule has 0 aromatic carbocycles. The number of hydrogen-bond acceptors (Lipinski definition) is 12. The zero-order chi connectivity index (χ0) is 13.5. The van der Waals surface area contributed by atoms with Crippen molar-refractivity contribution in [2.24, 2.45) is 0 Å². The Bertz CT molecular complexity index is 93.5. The first kappa shape index (κ1) is 30.9. The second-order valence-corrected chi connectivity index (χ2v) is 3.40. The molecule has 0 spiro atoms. The molecule has 0 aromatic rings. The maximum Gasteiger partial charge on any atom is 3.00 e. The van der Waals surface area contributed by atoms with E-state index in [2.05, 4.69) is 0 Å². The van der Waals surface area contributed by atoms with Gasteiger partial charge in [-0.3, -0.25) is 0 Å². The predicted octanol–water partition coefficient (Wildman–Crippen LogP) is -13.8. The summed E-state index contributed by atoms with van der Waals surface area (Å²) in [6, 6.07) is 0. The molecular formula is HCl4CrO12. The molecule has 0 atom stereocenters. The third kappa shape index (κ3) is 2710. The summed E-state index contributed by atoms with van der Waals surface area (Å²) in [6.45, 7) is 0. The average molecular weight is 387 g/mol. The van der Waals surface area contributed by atoms with Gasteiger partial charge in [-0.1, -0.05) is 0 Å². The third-order valence-corrected chi connectivity index (χ3v) is 0. The second-order valence-electron chi connectivity index (χ2n) is 1.13. The van der Waals surface area contributed by atoms with Gasteiger partial charge in [0.05, 0.1) is 0 Å². The number of rotatable bonds is 0. The van der Waals surface area contributed by atoms with Gasteiger partial charge in [-0.05, 0) is 0 Å². The van der Waals surface area contributed by atoms with Crippen LogP contribution in [0.25, 0.3) is 0 Å². The summed E-state index contributed by atoms with van der Waals surface area (Å²) in [5, 5.41) is 0. The normalized spacial score (nSPS) is 10.6. The van der Waals surface area contributed by atoms with Gasteiger partial charge in [0.2, 0.25) is 0 Å². The second kappa shape index (κ2) is 12.3. The van der Waals surface area contributed by atoms with Gasteiger partial charge in [0.1, 0.15) is 0 Å². The molecule has 0 fully saturated rings. The van der Waals surface area contributed by atoms with Crippen molar-refractivity contribution in [2.75, 3.05) is 0 Å². The Morgan fingerprint density at radius 3 is 0.353 bits per heavy atom. The minimum Gasteiger partial charge on any atom is -0.222 e. The molecule has 0 amide bonds. The van der Waals surface area contributed by atoms with Gasteiger partial charge in [-0.25, -0.2) is 55.9 Å². The predicted molar refractivity (Wildman–Crippen MR) is 7.25 cm³/mol. The van der Waals surface area contributed by atoms with Crippen LogP contribution in [0.2, 0.25) is 0 Å². The van der Waals surface area contributed by atoms with Crippen LogP contribution in [-0.4, -0.2) is 0 Å². The molecule has 0 unspecified atom stereocenters. The minimum absolute atomic E-state index is 0. The Balaban J connectivity index is -0.0000000400. The first-order chi connectivity index (χ1) is 6.00. The largest absolute Gasteiger partial charge is 3.00 e. The molecule has 0 aromatic heterocycles. The molecule has 0 heterocycles. The fraction of sp³-hybridized carbons (Fsp3) is 0. The van der Waals surface area contributed by atoms with Gasteiger partial charge in [0, 0.05) is 0 Å². The van der Waals surface area contributed by atoms with Crippen LogP contribution in [0.4, 0.5) is 0 Å². The molecular weight excluding hydrogens is 386 g/mol. The van der Waals surface area contributed by atoms with E-state index in [1.165, 1.54) is 0 Å². The zero-order valence-corrected chi connectivity index (χ0v) is 11.2. The summed E-state index contributed by atoms with van der Waals surface area (Å²) in [7, 11) is -14.8. The molecule has 0 saturated carbocycles. The van der Waals surface area contributed by atoms with Crippen LogP contribution in [0.1, 0.15) is 0 Å². The maximum absolute atomic E-state index is 8.49. The quantitative estimate of drug-likeness (QED) is 0.374. The van der Waals surface area contributed by atoms with E-state index in [9.17, 15) is 0 Å². The molecule has 0 rings (SSSR count). The molecule has 17 heteroatoms. The average Bonchev–Trinajstić information content (AvgIpc) is 1.41. The molecule has 0 aliphatic rings. The van der Waals surface area contributed by atoms with E-state index in [0.717, 1.165) is 0 Å². The molecule has 0 N–H and O–H groups in total. The van der Waals surface area contributed by atoms with Crippen molar-refractivity contribution in [3.63, 3.8) is 0 Å². The van der Waals surface area contributed by atoms with Crippen LogP contribution >= 0.6 is 12.4 Å². The Morgan fingerprint density at radius 1 is 0.353 bits per heavy atom. The van der Waals surface area contributed by atoms with Crippen LogP contribution in [0.15, 0.2) is 0 Å². The standard InChI is InChI=1S/3ClHO4.ClH.Cr/c3*2-1(3,4)5;;/h3*(H,2,3,4,5);1H;/q;;;;+3/p-3. The first-order valence-corrected chi connectivity index (χ1v) is 5.55. The molecule has 0 saturated heterocycles. The Kier molecular flexibility index (Phi) is 22.3. The van der Waals surface area contributed by atoms with Crippen molar-refractivity contribution in [3.8, 4) is 0 Å². The van der Waals surface area contributed by atoms with Gasteiger partial charge in [0.25, 0.3) is 0 Å². The fourth-order valence-electron chi connectivity index (χ4n) is 0. The van der Waals surface area contributed by atoms with E-state index in [1.54, 1.807) is 0 Å². The van der Waals surface area contributed by atoms with Crippen molar-refractivity contribution in [2.45, 2.75) is 0 Å². The van der Waals surface area contributed by atoms with E-state index in [0.29, 0.717) is 0 Å². The number of hydrogen-bond donors (Lipinski definition) is 0. The summed E-state index contributed by atoms with van der Waals surface area (Å²) < 4.78 is 102. The van der Waals surface area contributed by atoms with Crippen LogP contribution in [0.5, 0.6) is 0 Å². The zero-order valence-electron chi connectivity index (χ0n) is 6.85. The molecule has 17 heavy (non-hydrogen) atoms. The summed E-state index contributed by atoms with van der Waals surface area (Å²) >= 11 is 0. The van der Waals surface area contributed by atoms with E-state index in [-0.39, 0.29) is 29.8 Å². The van der Waals surface area contributed by atoms with Crippen LogP contribution < -0.4 is 55.9 Å². The molecule has 12 nitrogen and oxygen atoms in total. The first-order valence-electron chi connectivity index (χ1n) is 1.85. The van der Waals surface area contributed by atoms with E-state index < -0.39 is 30.7 Å². The Hall–Kier alpha value is 1.21. The van der Waals surface area contributed by atoms with E-state index in [4.69, 9.17) is 55.9 Å². The van der Waals surface area contributed by atoms with Crippen molar-refractivity contribution in [1.82, 2.24) is 0 Å². The van der Waals surface area contributed by atoms with E-state index in [1.807, 2.05) is 0 Å². The Labute approximate surface area is 116 Å². The van der Waals surface area contributed by atoms with Crippen molar-refractivity contribution in [3.05, 3.63) is 0 Å². The van der Waals surface area contributed by atoms with Crippen LogP contribution in [0, 0.1) is 30.7 Å². The van der Waals surface area contributed by atoms with Crippen LogP contribution in [0.3, 0.4) is 0 Å². The summed E-state index contributed by atoms with van der Waals surface area (Å²) in [5.41, 5.74) is 0. The summed E-state index contributed by atoms with van der Waals surface area (Å²) in [6.07, 6.45) is 0. The van der Waals surface area contributed by atoms with Crippen molar-refractivity contribution < 1.29 is 104 Å². The SMILES string of the molecule is Cl.[Cr+3].[O-][Cl+3]([O-])([O-])[O-].[O-][Cl+3]([O-])([O-])[O-].[O-][Cl+3]([O-])([O-])[O-]. The molecule has 0 aliphatic carbocycles. The number of halogens is 4. The topological polar surface area (TPSA) is 277 Å². The maximum atomic E-state index is 8.49.